The zero-order valence-electron chi connectivity index (χ0n) is 10.4. The van der Waals surface area contributed by atoms with Crippen molar-refractivity contribution < 1.29 is 4.79 Å². The van der Waals surface area contributed by atoms with Crippen LogP contribution >= 0.6 is 0 Å². The van der Waals surface area contributed by atoms with Gasteiger partial charge in [-0.25, -0.2) is 0 Å². The number of nitrogens with two attached hydrogens (primary N) is 1. The third kappa shape index (κ3) is 2.60. The number of benzene rings is 1. The van der Waals surface area contributed by atoms with Crippen LogP contribution in [0, 0.1) is 5.92 Å². The molecule has 0 unspecified atom stereocenters. The fraction of sp³-hybridized carbons (Fsp3) is 0.500. The van der Waals surface area contributed by atoms with Gasteiger partial charge < -0.3 is 10.6 Å². The van der Waals surface area contributed by atoms with Crippen LogP contribution in [0.3, 0.4) is 0 Å². The Bertz CT molecular complexity index is 395. The van der Waals surface area contributed by atoms with Gasteiger partial charge in [-0.15, -0.1) is 0 Å². The highest BCUT2D eigenvalue weighted by atomic mass is 16.1. The Labute approximate surface area is 103 Å². The summed E-state index contributed by atoms with van der Waals surface area (Å²) in [5, 5.41) is 0. The van der Waals surface area contributed by atoms with Gasteiger partial charge in [0.2, 0.25) is 0 Å². The van der Waals surface area contributed by atoms with Gasteiger partial charge in [-0.05, 0) is 30.9 Å². The van der Waals surface area contributed by atoms with Crippen molar-refractivity contribution >= 4 is 11.6 Å². The molecular weight excluding hydrogens is 212 g/mol. The fourth-order valence-electron chi connectivity index (χ4n) is 2.54. The number of hydrogen-bond acceptors (Lipinski definition) is 2. The summed E-state index contributed by atoms with van der Waals surface area (Å²) in [5.41, 5.74) is 7.05. The number of rotatable bonds is 3. The highest BCUT2D eigenvalue weighted by Crippen LogP contribution is 2.27. The number of para-hydroxylation sites is 1. The molecule has 0 bridgehead atoms. The van der Waals surface area contributed by atoms with Crippen LogP contribution in [0.4, 0.5) is 5.69 Å². The maximum absolute atomic E-state index is 11.4. The summed E-state index contributed by atoms with van der Waals surface area (Å²) in [7, 11) is 0. The van der Waals surface area contributed by atoms with Crippen LogP contribution in [0.2, 0.25) is 0 Å². The second-order valence-corrected chi connectivity index (χ2v) is 4.72. The minimum atomic E-state index is -0.335. The van der Waals surface area contributed by atoms with Gasteiger partial charge in [-0.3, -0.25) is 4.79 Å². The second-order valence-electron chi connectivity index (χ2n) is 4.72. The smallest absolute Gasteiger partial charge is 0.250 e. The molecule has 92 valence electrons. The van der Waals surface area contributed by atoms with Gasteiger partial charge >= 0.3 is 0 Å². The lowest BCUT2D eigenvalue weighted by Gasteiger charge is -2.34. The van der Waals surface area contributed by atoms with Crippen LogP contribution in [0.5, 0.6) is 0 Å². The number of hydrogen-bond donors (Lipinski definition) is 1. The normalized spacial score (nSPS) is 17.1. The summed E-state index contributed by atoms with van der Waals surface area (Å²) in [6.07, 6.45) is 3.68. The Hall–Kier alpha value is -1.51. The molecule has 3 nitrogen and oxygen atoms in total. The monoisotopic (exact) mass is 232 g/mol. The lowest BCUT2D eigenvalue weighted by atomic mass is 9.94. The zero-order valence-corrected chi connectivity index (χ0v) is 10.4. The van der Waals surface area contributed by atoms with E-state index in [0.29, 0.717) is 5.56 Å². The van der Waals surface area contributed by atoms with E-state index in [0.717, 1.165) is 24.7 Å². The first-order chi connectivity index (χ1) is 8.22. The molecule has 17 heavy (non-hydrogen) atoms. The van der Waals surface area contributed by atoms with Crippen molar-refractivity contribution in [2.75, 3.05) is 18.0 Å². The van der Waals surface area contributed by atoms with Crippen LogP contribution in [0.15, 0.2) is 24.3 Å². The van der Waals surface area contributed by atoms with Crippen molar-refractivity contribution in [3.05, 3.63) is 29.8 Å². The molecule has 1 aliphatic heterocycles. The lowest BCUT2D eigenvalue weighted by Crippen LogP contribution is -2.34. The number of carbonyl (C=O) groups is 1. The van der Waals surface area contributed by atoms with E-state index < -0.39 is 0 Å². The first-order valence-corrected chi connectivity index (χ1v) is 6.36. The number of piperidine rings is 1. The second kappa shape index (κ2) is 5.21. The highest BCUT2D eigenvalue weighted by Gasteiger charge is 2.20. The van der Waals surface area contributed by atoms with Gasteiger partial charge in [0.1, 0.15) is 0 Å². The summed E-state index contributed by atoms with van der Waals surface area (Å²) < 4.78 is 0. The molecule has 1 aromatic carbocycles. The summed E-state index contributed by atoms with van der Waals surface area (Å²) in [6, 6.07) is 7.63. The van der Waals surface area contributed by atoms with E-state index in [1.165, 1.54) is 19.3 Å². The van der Waals surface area contributed by atoms with E-state index in [1.54, 1.807) is 0 Å². The highest BCUT2D eigenvalue weighted by molar-refractivity contribution is 5.98. The molecule has 1 aliphatic rings. The quantitative estimate of drug-likeness (QED) is 0.870. The number of carbonyl (C=O) groups excluding carboxylic acids is 1. The van der Waals surface area contributed by atoms with E-state index in [4.69, 9.17) is 5.73 Å². The van der Waals surface area contributed by atoms with Gasteiger partial charge in [0.05, 0.1) is 5.56 Å². The van der Waals surface area contributed by atoms with E-state index in [-0.39, 0.29) is 5.91 Å². The van der Waals surface area contributed by atoms with E-state index in [1.807, 2.05) is 24.3 Å². The molecule has 2 N–H and O–H groups in total. The minimum Gasteiger partial charge on any atom is -0.371 e. The molecule has 1 amide bonds. The number of amides is 1. The number of nitrogens with zero attached hydrogens (tertiary/aromatic N) is 1. The zero-order chi connectivity index (χ0) is 12.3. The lowest BCUT2D eigenvalue weighted by molar-refractivity contribution is 0.100. The molecule has 2 rings (SSSR count). The average Bonchev–Trinajstić information content (AvgIpc) is 2.39. The third-order valence-electron chi connectivity index (χ3n) is 3.70. The van der Waals surface area contributed by atoms with Gasteiger partial charge in [0.25, 0.3) is 5.91 Å². The fourth-order valence-corrected chi connectivity index (χ4v) is 2.54. The van der Waals surface area contributed by atoms with Crippen LogP contribution in [0.1, 0.15) is 36.5 Å². The molecule has 0 atom stereocenters. The van der Waals surface area contributed by atoms with E-state index in [2.05, 4.69) is 11.8 Å². The average molecular weight is 232 g/mol. The summed E-state index contributed by atoms with van der Waals surface area (Å²) >= 11 is 0. The first kappa shape index (κ1) is 12.0. The number of primary amides is 1. The van der Waals surface area contributed by atoms with Crippen molar-refractivity contribution in [1.29, 1.82) is 0 Å². The van der Waals surface area contributed by atoms with Crippen LogP contribution in [-0.2, 0) is 0 Å². The van der Waals surface area contributed by atoms with Crippen molar-refractivity contribution in [2.24, 2.45) is 11.7 Å². The van der Waals surface area contributed by atoms with Crippen LogP contribution < -0.4 is 10.6 Å². The standard InChI is InChI=1S/C14H20N2O/c1-2-11-7-9-16(10-8-11)13-6-4-3-5-12(13)14(15)17/h3-6,11H,2,7-10H2,1H3,(H2,15,17). The van der Waals surface area contributed by atoms with Crippen LogP contribution in [0.25, 0.3) is 0 Å². The molecule has 0 aliphatic carbocycles. The Morgan fingerprint density at radius 2 is 2.00 bits per heavy atom. The van der Waals surface area contributed by atoms with Gasteiger partial charge in [-0.2, -0.15) is 0 Å². The molecule has 3 heteroatoms. The Morgan fingerprint density at radius 3 is 2.59 bits per heavy atom. The molecule has 1 fully saturated rings. The SMILES string of the molecule is CCC1CCN(c2ccccc2C(N)=O)CC1. The summed E-state index contributed by atoms with van der Waals surface area (Å²) in [6.45, 7) is 4.31. The maximum atomic E-state index is 11.4. The van der Waals surface area contributed by atoms with Gasteiger partial charge in [-0.1, -0.05) is 25.5 Å². The topological polar surface area (TPSA) is 46.3 Å². The Balaban J connectivity index is 2.15. The molecule has 0 spiro atoms. The Morgan fingerprint density at radius 1 is 1.35 bits per heavy atom. The van der Waals surface area contributed by atoms with Gasteiger partial charge in [0, 0.05) is 18.8 Å². The third-order valence-corrected chi connectivity index (χ3v) is 3.70. The molecule has 1 aromatic rings. The van der Waals surface area contributed by atoms with Gasteiger partial charge in [0.15, 0.2) is 0 Å². The van der Waals surface area contributed by atoms with Crippen molar-refractivity contribution in [2.45, 2.75) is 26.2 Å². The molecule has 1 heterocycles. The van der Waals surface area contributed by atoms with Crippen molar-refractivity contribution in [3.63, 3.8) is 0 Å². The minimum absolute atomic E-state index is 0.335. The van der Waals surface area contributed by atoms with Crippen molar-refractivity contribution in [3.8, 4) is 0 Å². The van der Waals surface area contributed by atoms with Crippen LogP contribution in [-0.4, -0.2) is 19.0 Å². The predicted molar refractivity (Wildman–Crippen MR) is 70.2 cm³/mol. The largest absolute Gasteiger partial charge is 0.371 e. The molecular formula is C14H20N2O. The van der Waals surface area contributed by atoms with E-state index >= 15 is 0 Å². The molecule has 0 radical (unpaired) electrons. The van der Waals surface area contributed by atoms with E-state index in [9.17, 15) is 4.79 Å². The predicted octanol–water partition coefficient (Wildman–Crippen LogP) is 2.41. The van der Waals surface area contributed by atoms with Crippen molar-refractivity contribution in [1.82, 2.24) is 0 Å². The summed E-state index contributed by atoms with van der Waals surface area (Å²) in [4.78, 5) is 13.7. The Kier molecular flexibility index (Phi) is 3.67. The molecule has 0 saturated carbocycles. The maximum Gasteiger partial charge on any atom is 0.250 e. The summed E-state index contributed by atoms with van der Waals surface area (Å²) in [5.74, 6) is 0.505. The molecule has 1 saturated heterocycles. The first-order valence-electron chi connectivity index (χ1n) is 6.36. The number of anilines is 1. The molecule has 0 aromatic heterocycles.